The zero-order chi connectivity index (χ0) is 15.4. The van der Waals surface area contributed by atoms with Gasteiger partial charge >= 0.3 is 0 Å². The fraction of sp³-hybridized carbons (Fsp3) is 0.0500. The van der Waals surface area contributed by atoms with E-state index in [0.29, 0.717) is 0 Å². The van der Waals surface area contributed by atoms with Crippen molar-refractivity contribution in [3.05, 3.63) is 73.4 Å². The molecule has 0 unspecified atom stereocenters. The van der Waals surface area contributed by atoms with Crippen LogP contribution in [0.3, 0.4) is 0 Å². The van der Waals surface area contributed by atoms with Gasteiger partial charge in [-0.25, -0.2) is 0 Å². The summed E-state index contributed by atoms with van der Waals surface area (Å²) in [6.07, 6.45) is 0. The Kier molecular flexibility index (Phi) is 2.48. The normalized spacial score (nSPS) is 14.0. The number of furan rings is 1. The van der Waals surface area contributed by atoms with Crippen molar-refractivity contribution < 1.29 is 4.42 Å². The molecular weight excluding hydrogens is 284 g/mol. The Morgan fingerprint density at radius 1 is 0.739 bits per heavy atom. The van der Waals surface area contributed by atoms with Crippen molar-refractivity contribution in [1.82, 2.24) is 0 Å². The predicted molar refractivity (Wildman–Crippen MR) is 93.9 cm³/mol. The van der Waals surface area contributed by atoms with Gasteiger partial charge in [-0.3, -0.25) is 0 Å². The highest BCUT2D eigenvalue weighted by molar-refractivity contribution is 6.10. The third kappa shape index (κ3) is 1.70. The molecule has 0 N–H and O–H groups in total. The first-order valence-electron chi connectivity index (χ1n) is 7.62. The van der Waals surface area contributed by atoms with Gasteiger partial charge in [0.2, 0.25) is 6.67 Å². The van der Waals surface area contributed by atoms with Crippen LogP contribution in [0.4, 0.5) is 17.1 Å². The summed E-state index contributed by atoms with van der Waals surface area (Å²) in [5.74, 6) is 0. The summed E-state index contributed by atoms with van der Waals surface area (Å²) in [6.45, 7) is 3.38. The quantitative estimate of drug-likeness (QED) is 0.483. The fourth-order valence-electron chi connectivity index (χ4n) is 3.29. The molecule has 2 radical (unpaired) electrons. The Hall–Kier alpha value is -2.94. The van der Waals surface area contributed by atoms with Crippen molar-refractivity contribution in [3.63, 3.8) is 0 Å². The van der Waals surface area contributed by atoms with E-state index in [1.165, 1.54) is 0 Å². The van der Waals surface area contributed by atoms with Crippen molar-refractivity contribution in [2.75, 3.05) is 16.8 Å². The van der Waals surface area contributed by atoms with Gasteiger partial charge in [0, 0.05) is 17.8 Å². The summed E-state index contributed by atoms with van der Waals surface area (Å²) >= 11 is 0. The van der Waals surface area contributed by atoms with Gasteiger partial charge in [-0.2, -0.15) is 0 Å². The maximum Gasteiger partial charge on any atom is 0.213 e. The Labute approximate surface area is 134 Å². The van der Waals surface area contributed by atoms with Gasteiger partial charge < -0.3 is 14.2 Å². The van der Waals surface area contributed by atoms with Gasteiger partial charge in [-0.05, 0) is 24.3 Å². The van der Waals surface area contributed by atoms with Gasteiger partial charge in [0.05, 0.1) is 17.1 Å². The van der Waals surface area contributed by atoms with E-state index in [-0.39, 0.29) is 0 Å². The summed E-state index contributed by atoms with van der Waals surface area (Å²) in [5.41, 5.74) is 5.07. The van der Waals surface area contributed by atoms with E-state index in [9.17, 15) is 0 Å². The van der Waals surface area contributed by atoms with Crippen LogP contribution in [0.1, 0.15) is 0 Å². The molecule has 5 rings (SSSR count). The summed E-state index contributed by atoms with van der Waals surface area (Å²) < 4.78 is 6.15. The van der Waals surface area contributed by atoms with Crippen LogP contribution in [-0.2, 0) is 0 Å². The van der Waals surface area contributed by atoms with E-state index in [4.69, 9.17) is 4.42 Å². The maximum atomic E-state index is 6.15. The van der Waals surface area contributed by atoms with Gasteiger partial charge in [0.1, 0.15) is 5.58 Å². The smallest absolute Gasteiger partial charge is 0.213 e. The van der Waals surface area contributed by atoms with Crippen LogP contribution in [0, 0.1) is 6.67 Å². The molecule has 1 aromatic heterocycles. The first-order valence-corrected chi connectivity index (χ1v) is 7.62. The van der Waals surface area contributed by atoms with E-state index in [2.05, 4.69) is 48.0 Å². The second kappa shape index (κ2) is 4.53. The Morgan fingerprint density at radius 2 is 1.43 bits per heavy atom. The minimum absolute atomic E-state index is 0.895. The van der Waals surface area contributed by atoms with Gasteiger partial charge in [0.15, 0.2) is 5.58 Å². The molecule has 0 spiro atoms. The molecular formula is C20H14N2O. The largest absolute Gasteiger partial charge is 0.454 e. The van der Waals surface area contributed by atoms with Crippen LogP contribution < -0.4 is 9.80 Å². The zero-order valence-corrected chi connectivity index (χ0v) is 12.7. The van der Waals surface area contributed by atoms with Gasteiger partial charge in [-0.15, -0.1) is 0 Å². The second-order valence-electron chi connectivity index (χ2n) is 5.74. The Morgan fingerprint density at radius 3 is 2.35 bits per heavy atom. The average molecular weight is 298 g/mol. The number of hydrogen-bond donors (Lipinski definition) is 0. The number of anilines is 3. The number of para-hydroxylation sites is 4. The molecule has 1 aliphatic rings. The maximum absolute atomic E-state index is 6.15. The molecule has 23 heavy (non-hydrogen) atoms. The van der Waals surface area contributed by atoms with Crippen LogP contribution in [0.2, 0.25) is 0 Å². The van der Waals surface area contributed by atoms with Crippen LogP contribution in [-0.4, -0.2) is 7.05 Å². The van der Waals surface area contributed by atoms with E-state index < -0.39 is 0 Å². The minimum atomic E-state index is 0.895. The number of fused-ring (bicyclic) bond motifs is 4. The molecule has 0 bridgehead atoms. The van der Waals surface area contributed by atoms with E-state index in [0.717, 1.165) is 39.0 Å². The summed E-state index contributed by atoms with van der Waals surface area (Å²) in [5, 5.41) is 2.28. The van der Waals surface area contributed by atoms with E-state index in [1.807, 2.05) is 42.3 Å². The third-order valence-electron chi connectivity index (χ3n) is 4.36. The fourth-order valence-corrected chi connectivity index (χ4v) is 3.29. The molecule has 3 nitrogen and oxygen atoms in total. The third-order valence-corrected chi connectivity index (χ3v) is 4.36. The monoisotopic (exact) mass is 298 g/mol. The lowest BCUT2D eigenvalue weighted by molar-refractivity contribution is 0.668. The summed E-state index contributed by atoms with van der Waals surface area (Å²) in [7, 11) is 2.01. The molecule has 3 heteroatoms. The second-order valence-corrected chi connectivity index (χ2v) is 5.74. The zero-order valence-electron chi connectivity index (χ0n) is 12.7. The summed E-state index contributed by atoms with van der Waals surface area (Å²) in [4.78, 5) is 4.08. The van der Waals surface area contributed by atoms with Crippen LogP contribution in [0.15, 0.2) is 71.1 Å². The van der Waals surface area contributed by atoms with E-state index in [1.54, 1.807) is 0 Å². The van der Waals surface area contributed by atoms with Crippen LogP contribution in [0.25, 0.3) is 21.9 Å². The number of nitrogens with zero attached hydrogens (tertiary/aromatic N) is 2. The Balaban J connectivity index is 1.79. The van der Waals surface area contributed by atoms with Crippen molar-refractivity contribution in [1.29, 1.82) is 0 Å². The number of benzene rings is 3. The molecule has 2 heterocycles. The standard InChI is InChI=1S/C20H14N2O/c1-21-13-22(17-10-4-3-9-16(17)21)18-11-6-8-15-14-7-2-5-12-19(14)23-20(15)18/h2-12H,1H3. The highest BCUT2D eigenvalue weighted by Crippen LogP contribution is 2.45. The number of hydrogen-bond acceptors (Lipinski definition) is 3. The van der Waals surface area contributed by atoms with Crippen molar-refractivity contribution >= 4 is 39.0 Å². The molecule has 4 aromatic rings. The number of rotatable bonds is 1. The van der Waals surface area contributed by atoms with E-state index >= 15 is 0 Å². The summed E-state index contributed by atoms with van der Waals surface area (Å²) in [6, 6.07) is 22.7. The van der Waals surface area contributed by atoms with Crippen molar-refractivity contribution in [2.24, 2.45) is 0 Å². The lowest BCUT2D eigenvalue weighted by atomic mass is 10.1. The molecule has 0 saturated carbocycles. The van der Waals surface area contributed by atoms with Crippen LogP contribution >= 0.6 is 0 Å². The first-order chi connectivity index (χ1) is 11.3. The topological polar surface area (TPSA) is 19.6 Å². The van der Waals surface area contributed by atoms with Crippen LogP contribution in [0.5, 0.6) is 0 Å². The predicted octanol–water partition coefficient (Wildman–Crippen LogP) is 5.17. The highest BCUT2D eigenvalue weighted by Gasteiger charge is 2.28. The average Bonchev–Trinajstić information content (AvgIpc) is 3.13. The molecule has 0 saturated heterocycles. The molecule has 0 aliphatic carbocycles. The SMILES string of the molecule is CN1[C]N(c2cccc3c2oc2ccccc23)c2ccccc21. The van der Waals surface area contributed by atoms with Gasteiger partial charge in [0.25, 0.3) is 0 Å². The molecule has 0 amide bonds. The van der Waals surface area contributed by atoms with Crippen molar-refractivity contribution in [2.45, 2.75) is 0 Å². The molecule has 0 fully saturated rings. The lowest BCUT2D eigenvalue weighted by Crippen LogP contribution is -2.17. The van der Waals surface area contributed by atoms with Gasteiger partial charge in [-0.1, -0.05) is 42.5 Å². The molecule has 1 aliphatic heterocycles. The molecule has 0 atom stereocenters. The Bertz CT molecular complexity index is 1030. The molecule has 110 valence electrons. The highest BCUT2D eigenvalue weighted by atomic mass is 16.3. The first kappa shape index (κ1) is 12.6. The molecule has 3 aromatic carbocycles. The lowest BCUT2D eigenvalue weighted by Gasteiger charge is -2.17. The van der Waals surface area contributed by atoms with Crippen molar-refractivity contribution in [3.8, 4) is 0 Å². The minimum Gasteiger partial charge on any atom is -0.454 e.